The second-order valence-electron chi connectivity index (χ2n) is 8.35. The summed E-state index contributed by atoms with van der Waals surface area (Å²) < 4.78 is 22.4. The van der Waals surface area contributed by atoms with Crippen molar-refractivity contribution in [3.8, 4) is 23.0 Å². The maximum Gasteiger partial charge on any atom is 0.343 e. The lowest BCUT2D eigenvalue weighted by molar-refractivity contribution is -0.123. The number of hydrogen-bond acceptors (Lipinski definition) is 8. The van der Waals surface area contributed by atoms with Crippen molar-refractivity contribution in [2.75, 3.05) is 13.9 Å². The van der Waals surface area contributed by atoms with Crippen LogP contribution in [0.1, 0.15) is 27.0 Å². The van der Waals surface area contributed by atoms with Crippen molar-refractivity contribution in [2.24, 2.45) is 0 Å². The number of esters is 1. The van der Waals surface area contributed by atoms with Gasteiger partial charge in [0.05, 0.1) is 27.7 Å². The number of methoxy groups -OCH3 is 1. The number of amides is 2. The van der Waals surface area contributed by atoms with Crippen LogP contribution in [0, 0.1) is 10.5 Å². The van der Waals surface area contributed by atoms with Crippen LogP contribution in [0.4, 0.5) is 4.79 Å². The van der Waals surface area contributed by atoms with Gasteiger partial charge in [-0.15, -0.1) is 0 Å². The van der Waals surface area contributed by atoms with Gasteiger partial charge < -0.3 is 18.9 Å². The number of thioether (sulfide) groups is 1. The van der Waals surface area contributed by atoms with Crippen LogP contribution in [-0.4, -0.2) is 35.9 Å². The summed E-state index contributed by atoms with van der Waals surface area (Å²) >= 11 is 9.20. The lowest BCUT2D eigenvalue weighted by Crippen LogP contribution is -2.27. The maximum absolute atomic E-state index is 13.1. The molecule has 38 heavy (non-hydrogen) atoms. The molecule has 11 heteroatoms. The molecule has 0 aliphatic carbocycles. The van der Waals surface area contributed by atoms with Crippen molar-refractivity contribution < 1.29 is 33.3 Å². The molecule has 2 heterocycles. The Hall–Kier alpha value is -3.22. The molecule has 1 fully saturated rings. The second-order valence-corrected chi connectivity index (χ2v) is 10.9. The van der Waals surface area contributed by atoms with E-state index < -0.39 is 17.1 Å². The van der Waals surface area contributed by atoms with Crippen molar-refractivity contribution in [3.05, 3.63) is 84.3 Å². The van der Waals surface area contributed by atoms with E-state index in [-0.39, 0.29) is 24.0 Å². The second kappa shape index (κ2) is 10.9. The van der Waals surface area contributed by atoms with Crippen LogP contribution < -0.4 is 18.9 Å². The maximum atomic E-state index is 13.1. The Bertz CT molecular complexity index is 1510. The number of benzene rings is 3. The highest BCUT2D eigenvalue weighted by molar-refractivity contribution is 14.1. The quantitative estimate of drug-likeness (QED) is 0.129. The van der Waals surface area contributed by atoms with Gasteiger partial charge in [-0.05, 0) is 88.8 Å². The minimum atomic E-state index is -0.516. The smallest absolute Gasteiger partial charge is 0.343 e. The van der Waals surface area contributed by atoms with Gasteiger partial charge in [0.15, 0.2) is 23.0 Å². The molecule has 8 nitrogen and oxygen atoms in total. The highest BCUT2D eigenvalue weighted by Crippen LogP contribution is 2.40. The number of halogens is 2. The summed E-state index contributed by atoms with van der Waals surface area (Å²) in [5.41, 5.74) is 2.61. The number of aryl methyl sites for hydroxylation is 1. The van der Waals surface area contributed by atoms with Crippen LogP contribution in [0.25, 0.3) is 6.08 Å². The molecule has 194 valence electrons. The predicted octanol–water partition coefficient (Wildman–Crippen LogP) is 6.45. The Balaban J connectivity index is 1.36. The molecule has 3 aromatic carbocycles. The van der Waals surface area contributed by atoms with E-state index in [1.165, 1.54) is 7.11 Å². The van der Waals surface area contributed by atoms with Crippen molar-refractivity contribution in [1.82, 2.24) is 4.90 Å². The van der Waals surface area contributed by atoms with Gasteiger partial charge in [0.2, 0.25) is 6.79 Å². The van der Waals surface area contributed by atoms with E-state index in [0.717, 1.165) is 22.2 Å². The molecule has 0 unspecified atom stereocenters. The Morgan fingerprint density at radius 1 is 1.13 bits per heavy atom. The number of ether oxygens (including phenoxy) is 4. The molecule has 0 saturated carbocycles. The fourth-order valence-corrected chi connectivity index (χ4v) is 5.59. The van der Waals surface area contributed by atoms with Crippen LogP contribution in [0.3, 0.4) is 0 Å². The monoisotopic (exact) mass is 663 g/mol. The zero-order valence-electron chi connectivity index (χ0n) is 20.1. The molecule has 0 spiro atoms. The molecule has 0 atom stereocenters. The molecule has 0 aromatic heterocycles. The summed E-state index contributed by atoms with van der Waals surface area (Å²) in [6.45, 7) is 2.01. The van der Waals surface area contributed by atoms with Gasteiger partial charge in [0.1, 0.15) is 0 Å². The predicted molar refractivity (Wildman–Crippen MR) is 151 cm³/mol. The third-order valence-corrected chi connectivity index (χ3v) is 7.84. The fraction of sp³-hybridized carbons (Fsp3) is 0.148. The van der Waals surface area contributed by atoms with Gasteiger partial charge in [-0.2, -0.15) is 0 Å². The summed E-state index contributed by atoms with van der Waals surface area (Å²) in [5.74, 6) is 0.646. The third-order valence-electron chi connectivity index (χ3n) is 5.78. The van der Waals surface area contributed by atoms with Gasteiger partial charge in [0.25, 0.3) is 11.1 Å². The average molecular weight is 664 g/mol. The standard InChI is InChI=1S/C27H19ClINO7S/c1-14-3-5-16(6-4-14)26(32)37-24-19(29)7-15(8-22(24)34-2)9-23-25(31)30(27(33)38-23)12-17-10-20-21(11-18(17)28)36-13-35-20/h3-11H,12-13H2,1-2H3/b23-9-. The number of carbonyl (C=O) groups is 3. The van der Waals surface area contributed by atoms with E-state index in [0.29, 0.717) is 42.5 Å². The molecule has 2 aliphatic heterocycles. The Kier molecular flexibility index (Phi) is 7.55. The molecule has 1 saturated heterocycles. The van der Waals surface area contributed by atoms with E-state index in [1.54, 1.807) is 42.5 Å². The average Bonchev–Trinajstić information content (AvgIpc) is 3.44. The van der Waals surface area contributed by atoms with E-state index in [2.05, 4.69) is 0 Å². The summed E-state index contributed by atoms with van der Waals surface area (Å²) in [6.07, 6.45) is 1.60. The minimum absolute atomic E-state index is 0.00770. The largest absolute Gasteiger partial charge is 0.493 e. The van der Waals surface area contributed by atoms with Crippen LogP contribution in [0.15, 0.2) is 53.4 Å². The number of hydrogen-bond donors (Lipinski definition) is 0. The summed E-state index contributed by atoms with van der Waals surface area (Å²) in [7, 11) is 1.46. The normalized spacial score (nSPS) is 15.4. The van der Waals surface area contributed by atoms with Crippen LogP contribution in [0.5, 0.6) is 23.0 Å². The Labute approximate surface area is 241 Å². The molecule has 0 radical (unpaired) electrons. The Morgan fingerprint density at radius 2 is 1.84 bits per heavy atom. The first kappa shape index (κ1) is 26.4. The molecule has 2 amide bonds. The molecule has 0 N–H and O–H groups in total. The molecular formula is C27H19ClINO7S. The highest BCUT2D eigenvalue weighted by Gasteiger charge is 2.36. The highest BCUT2D eigenvalue weighted by atomic mass is 127. The summed E-state index contributed by atoms with van der Waals surface area (Å²) in [6, 6.07) is 13.7. The van der Waals surface area contributed by atoms with Crippen molar-refractivity contribution >= 4 is 69.1 Å². The van der Waals surface area contributed by atoms with Gasteiger partial charge in [-0.3, -0.25) is 14.5 Å². The van der Waals surface area contributed by atoms with Crippen LogP contribution >= 0.6 is 46.0 Å². The topological polar surface area (TPSA) is 91.4 Å². The minimum Gasteiger partial charge on any atom is -0.493 e. The molecule has 0 bridgehead atoms. The molecule has 5 rings (SSSR count). The lowest BCUT2D eigenvalue weighted by atomic mass is 10.1. The first-order valence-corrected chi connectivity index (χ1v) is 13.5. The molecule has 2 aliphatic rings. The van der Waals surface area contributed by atoms with E-state index in [9.17, 15) is 14.4 Å². The van der Waals surface area contributed by atoms with Gasteiger partial charge in [-0.25, -0.2) is 4.79 Å². The zero-order chi connectivity index (χ0) is 27.0. The first-order chi connectivity index (χ1) is 18.2. The van der Waals surface area contributed by atoms with E-state index in [4.69, 9.17) is 30.5 Å². The summed E-state index contributed by atoms with van der Waals surface area (Å²) in [5, 5.41) is -0.0485. The number of rotatable bonds is 6. The van der Waals surface area contributed by atoms with Crippen molar-refractivity contribution in [2.45, 2.75) is 13.5 Å². The number of nitrogens with zero attached hydrogens (tertiary/aromatic N) is 1. The fourth-order valence-electron chi connectivity index (χ4n) is 3.80. The molecule has 3 aromatic rings. The number of carbonyl (C=O) groups excluding carboxylic acids is 3. The van der Waals surface area contributed by atoms with Gasteiger partial charge >= 0.3 is 5.97 Å². The van der Waals surface area contributed by atoms with Crippen molar-refractivity contribution in [1.29, 1.82) is 0 Å². The first-order valence-electron chi connectivity index (χ1n) is 11.2. The Morgan fingerprint density at radius 3 is 2.55 bits per heavy atom. The van der Waals surface area contributed by atoms with Crippen LogP contribution in [0.2, 0.25) is 5.02 Å². The number of fused-ring (bicyclic) bond motifs is 1. The van der Waals surface area contributed by atoms with Crippen molar-refractivity contribution in [3.63, 3.8) is 0 Å². The lowest BCUT2D eigenvalue weighted by Gasteiger charge is -2.14. The SMILES string of the molecule is COc1cc(/C=C2\SC(=O)N(Cc3cc4c(cc3Cl)OCO4)C2=O)cc(I)c1OC(=O)c1ccc(C)cc1. The zero-order valence-corrected chi connectivity index (χ0v) is 23.8. The van der Waals surface area contributed by atoms with E-state index in [1.807, 2.05) is 41.6 Å². The van der Waals surface area contributed by atoms with Gasteiger partial charge in [-0.1, -0.05) is 29.3 Å². The third kappa shape index (κ3) is 5.33. The summed E-state index contributed by atoms with van der Waals surface area (Å²) in [4.78, 5) is 39.8. The number of imide groups is 1. The van der Waals surface area contributed by atoms with Crippen LogP contribution in [-0.2, 0) is 11.3 Å². The van der Waals surface area contributed by atoms with Gasteiger partial charge in [0, 0.05) is 11.1 Å². The van der Waals surface area contributed by atoms with E-state index >= 15 is 0 Å². The molecular weight excluding hydrogens is 645 g/mol.